The van der Waals surface area contributed by atoms with Crippen LogP contribution in [-0.2, 0) is 14.3 Å². The molecule has 0 spiro atoms. The Labute approximate surface area is 133 Å². The first kappa shape index (κ1) is 17.1. The van der Waals surface area contributed by atoms with Gasteiger partial charge in [-0.25, -0.2) is 9.59 Å². The molecule has 2 aliphatic rings. The van der Waals surface area contributed by atoms with E-state index in [2.05, 4.69) is 27.7 Å². The molecule has 0 aromatic carbocycles. The van der Waals surface area contributed by atoms with Crippen LogP contribution in [0.5, 0.6) is 0 Å². The van der Waals surface area contributed by atoms with Gasteiger partial charge in [0.2, 0.25) is 0 Å². The molecule has 1 saturated carbocycles. The third-order valence-electron chi connectivity index (χ3n) is 5.99. The predicted octanol–water partition coefficient (Wildman–Crippen LogP) is 3.08. The number of likely N-dealkylation sites (tertiary alicyclic amines) is 1. The SMILES string of the molecule is COC(=O)[C@@H]1[C@@H]2[C@H](CN1C(=O)OC(C)(C)C)C(C)(C)C2(C)C. The lowest BCUT2D eigenvalue weighted by Crippen LogP contribution is -2.62. The van der Waals surface area contributed by atoms with E-state index in [9.17, 15) is 9.59 Å². The molecule has 0 bridgehead atoms. The smallest absolute Gasteiger partial charge is 0.411 e. The largest absolute Gasteiger partial charge is 0.467 e. The molecular formula is C17H29NO4. The Bertz CT molecular complexity index is 489. The third kappa shape index (κ3) is 2.29. The minimum Gasteiger partial charge on any atom is -0.467 e. The molecule has 1 aliphatic heterocycles. The average Bonchev–Trinajstić information content (AvgIpc) is 2.75. The minimum absolute atomic E-state index is 0.0344. The fourth-order valence-electron chi connectivity index (χ4n) is 4.14. The Hall–Kier alpha value is -1.26. The highest BCUT2D eigenvalue weighted by molar-refractivity contribution is 5.83. The Kier molecular flexibility index (Phi) is 3.78. The molecule has 126 valence electrons. The number of methoxy groups -OCH3 is 1. The molecule has 0 radical (unpaired) electrons. The number of nitrogens with zero attached hydrogens (tertiary/aromatic N) is 1. The first-order valence-electron chi connectivity index (χ1n) is 7.92. The van der Waals surface area contributed by atoms with Gasteiger partial charge in [-0.15, -0.1) is 0 Å². The van der Waals surface area contributed by atoms with E-state index in [1.807, 2.05) is 20.8 Å². The van der Waals surface area contributed by atoms with Gasteiger partial charge in [-0.2, -0.15) is 0 Å². The van der Waals surface area contributed by atoms with Gasteiger partial charge in [-0.1, -0.05) is 27.7 Å². The van der Waals surface area contributed by atoms with Crippen molar-refractivity contribution in [3.05, 3.63) is 0 Å². The zero-order valence-corrected chi connectivity index (χ0v) is 15.0. The van der Waals surface area contributed by atoms with Crippen LogP contribution in [-0.4, -0.2) is 42.3 Å². The fourth-order valence-corrected chi connectivity index (χ4v) is 4.14. The number of carbonyl (C=O) groups excluding carboxylic acids is 2. The van der Waals surface area contributed by atoms with Crippen LogP contribution in [0.1, 0.15) is 48.5 Å². The van der Waals surface area contributed by atoms with Crippen molar-refractivity contribution < 1.29 is 19.1 Å². The van der Waals surface area contributed by atoms with Crippen molar-refractivity contribution >= 4 is 12.1 Å². The highest BCUT2D eigenvalue weighted by Gasteiger charge is 2.70. The predicted molar refractivity (Wildman–Crippen MR) is 83.3 cm³/mol. The van der Waals surface area contributed by atoms with Crippen LogP contribution in [0.4, 0.5) is 4.79 Å². The monoisotopic (exact) mass is 311 g/mol. The van der Waals surface area contributed by atoms with E-state index in [0.29, 0.717) is 12.5 Å². The number of rotatable bonds is 1. The van der Waals surface area contributed by atoms with E-state index in [0.717, 1.165) is 0 Å². The second kappa shape index (κ2) is 4.87. The van der Waals surface area contributed by atoms with Gasteiger partial charge in [-0.05, 0) is 37.5 Å². The van der Waals surface area contributed by atoms with Crippen molar-refractivity contribution in [3.8, 4) is 0 Å². The van der Waals surface area contributed by atoms with Crippen LogP contribution in [0.25, 0.3) is 0 Å². The van der Waals surface area contributed by atoms with Crippen LogP contribution in [0.3, 0.4) is 0 Å². The highest BCUT2D eigenvalue weighted by Crippen LogP contribution is 2.68. The summed E-state index contributed by atoms with van der Waals surface area (Å²) in [5.41, 5.74) is -0.543. The molecule has 0 aromatic rings. The highest BCUT2D eigenvalue weighted by atomic mass is 16.6. The Balaban J connectivity index is 2.32. The molecule has 1 aliphatic carbocycles. The van der Waals surface area contributed by atoms with E-state index < -0.39 is 17.7 Å². The number of esters is 1. The van der Waals surface area contributed by atoms with E-state index in [1.54, 1.807) is 4.90 Å². The summed E-state index contributed by atoms with van der Waals surface area (Å²) < 4.78 is 10.5. The fraction of sp³-hybridized carbons (Fsp3) is 0.882. The Morgan fingerprint density at radius 2 is 1.64 bits per heavy atom. The van der Waals surface area contributed by atoms with Gasteiger partial charge >= 0.3 is 12.1 Å². The van der Waals surface area contributed by atoms with Crippen LogP contribution in [0.15, 0.2) is 0 Å². The summed E-state index contributed by atoms with van der Waals surface area (Å²) in [7, 11) is 1.37. The van der Waals surface area contributed by atoms with Gasteiger partial charge in [-0.3, -0.25) is 4.90 Å². The molecule has 0 N–H and O–H groups in total. The molecule has 0 unspecified atom stereocenters. The molecule has 22 heavy (non-hydrogen) atoms. The Morgan fingerprint density at radius 1 is 1.09 bits per heavy atom. The van der Waals surface area contributed by atoms with Gasteiger partial charge in [0, 0.05) is 12.5 Å². The lowest BCUT2D eigenvalue weighted by Gasteiger charge is -2.63. The normalized spacial score (nSPS) is 32.0. The first-order chi connectivity index (χ1) is 9.84. The number of ether oxygens (including phenoxy) is 2. The zero-order chi connectivity index (χ0) is 17.1. The lowest BCUT2D eigenvalue weighted by molar-refractivity contribution is -0.170. The minimum atomic E-state index is -0.579. The van der Waals surface area contributed by atoms with Crippen molar-refractivity contribution in [3.63, 3.8) is 0 Å². The molecule has 2 fully saturated rings. The first-order valence-corrected chi connectivity index (χ1v) is 7.92. The van der Waals surface area contributed by atoms with Gasteiger partial charge in [0.1, 0.15) is 11.6 Å². The average molecular weight is 311 g/mol. The van der Waals surface area contributed by atoms with Crippen molar-refractivity contribution in [2.75, 3.05) is 13.7 Å². The van der Waals surface area contributed by atoms with E-state index in [4.69, 9.17) is 9.47 Å². The molecule has 1 saturated heterocycles. The van der Waals surface area contributed by atoms with Crippen molar-refractivity contribution in [2.45, 2.75) is 60.1 Å². The van der Waals surface area contributed by atoms with E-state index in [-0.39, 0.29) is 22.7 Å². The number of amides is 1. The standard InChI is InChI=1S/C17H29NO4/c1-15(2,3)22-14(20)18-9-10-11(12(18)13(19)21-8)17(6,7)16(10,4)5/h10-12H,9H2,1-8H3/t10-,11-,12-/m0/s1. The topological polar surface area (TPSA) is 55.8 Å². The molecule has 0 aromatic heterocycles. The summed E-state index contributed by atoms with van der Waals surface area (Å²) in [6.45, 7) is 14.8. The summed E-state index contributed by atoms with van der Waals surface area (Å²) in [5.74, 6) is 0.0588. The summed E-state index contributed by atoms with van der Waals surface area (Å²) in [5, 5.41) is 0. The third-order valence-corrected chi connectivity index (χ3v) is 5.99. The summed E-state index contributed by atoms with van der Waals surface area (Å²) >= 11 is 0. The summed E-state index contributed by atoms with van der Waals surface area (Å²) in [6, 6.07) is -0.548. The molecule has 2 rings (SSSR count). The molecule has 5 nitrogen and oxygen atoms in total. The van der Waals surface area contributed by atoms with Crippen LogP contribution < -0.4 is 0 Å². The van der Waals surface area contributed by atoms with Gasteiger partial charge in [0.25, 0.3) is 0 Å². The number of hydrogen-bond donors (Lipinski definition) is 0. The molecule has 1 heterocycles. The number of hydrogen-bond acceptors (Lipinski definition) is 4. The molecule has 5 heteroatoms. The van der Waals surface area contributed by atoms with Crippen molar-refractivity contribution in [1.29, 1.82) is 0 Å². The van der Waals surface area contributed by atoms with Gasteiger partial charge in [0.15, 0.2) is 0 Å². The van der Waals surface area contributed by atoms with Gasteiger partial charge in [0.05, 0.1) is 7.11 Å². The zero-order valence-electron chi connectivity index (χ0n) is 15.0. The second-order valence-electron chi connectivity index (χ2n) is 8.68. The summed E-state index contributed by atoms with van der Waals surface area (Å²) in [4.78, 5) is 26.4. The van der Waals surface area contributed by atoms with Gasteiger partial charge < -0.3 is 9.47 Å². The van der Waals surface area contributed by atoms with Crippen LogP contribution >= 0.6 is 0 Å². The molecule has 3 atom stereocenters. The maximum absolute atomic E-state index is 12.5. The quantitative estimate of drug-likeness (QED) is 0.698. The lowest BCUT2D eigenvalue weighted by atomic mass is 9.40. The summed E-state index contributed by atoms with van der Waals surface area (Å²) in [6.07, 6.45) is -0.427. The molecule has 1 amide bonds. The number of fused-ring (bicyclic) bond motifs is 1. The molecular weight excluding hydrogens is 282 g/mol. The van der Waals surface area contributed by atoms with Crippen molar-refractivity contribution in [2.24, 2.45) is 22.7 Å². The van der Waals surface area contributed by atoms with E-state index in [1.165, 1.54) is 7.11 Å². The maximum atomic E-state index is 12.5. The Morgan fingerprint density at radius 3 is 2.09 bits per heavy atom. The number of carbonyl (C=O) groups is 2. The van der Waals surface area contributed by atoms with Crippen LogP contribution in [0.2, 0.25) is 0 Å². The maximum Gasteiger partial charge on any atom is 0.411 e. The van der Waals surface area contributed by atoms with Crippen molar-refractivity contribution in [1.82, 2.24) is 4.90 Å². The second-order valence-corrected chi connectivity index (χ2v) is 8.68. The van der Waals surface area contributed by atoms with Crippen LogP contribution in [0, 0.1) is 22.7 Å². The van der Waals surface area contributed by atoms with E-state index >= 15 is 0 Å².